The highest BCUT2D eigenvalue weighted by atomic mass is 32.2. The molecule has 1 aromatic heterocycles. The highest BCUT2D eigenvalue weighted by Crippen LogP contribution is 2.32. The molecule has 3 N–H and O–H groups in total. The Balaban J connectivity index is 1.57. The molecule has 0 atom stereocenters. The summed E-state index contributed by atoms with van der Waals surface area (Å²) in [5.41, 5.74) is 4.64. The van der Waals surface area contributed by atoms with Crippen molar-refractivity contribution in [1.29, 1.82) is 0 Å². The first-order chi connectivity index (χ1) is 12.9. The summed E-state index contributed by atoms with van der Waals surface area (Å²) in [4.78, 5) is 39.0. The van der Waals surface area contributed by atoms with Gasteiger partial charge in [-0.25, -0.2) is 0 Å². The van der Waals surface area contributed by atoms with Crippen molar-refractivity contribution >= 4 is 63.4 Å². The molecule has 0 saturated carbocycles. The molecule has 3 amide bonds. The van der Waals surface area contributed by atoms with E-state index in [0.29, 0.717) is 4.91 Å². The normalized spacial score (nSPS) is 15.3. The number of thioether (sulfide) groups is 1. The zero-order valence-electron chi connectivity index (χ0n) is 13.7. The van der Waals surface area contributed by atoms with Crippen LogP contribution in [0.5, 0.6) is 5.75 Å². The summed E-state index contributed by atoms with van der Waals surface area (Å²) in [5, 5.41) is 11.3. The number of amides is 3. The van der Waals surface area contributed by atoms with Crippen molar-refractivity contribution in [3.8, 4) is 5.75 Å². The average Bonchev–Trinajstić information content (AvgIpc) is 3.24. The highest BCUT2D eigenvalue weighted by Gasteiger charge is 2.33. The Hall–Kier alpha value is -2.69. The summed E-state index contributed by atoms with van der Waals surface area (Å²) in [6, 6.07) is 9.43. The molecular formula is C17H13N3O4S3. The van der Waals surface area contributed by atoms with Gasteiger partial charge in [-0.1, -0.05) is 36.1 Å². The van der Waals surface area contributed by atoms with Crippen molar-refractivity contribution in [2.75, 3.05) is 6.54 Å². The average molecular weight is 420 g/mol. The minimum atomic E-state index is -0.600. The van der Waals surface area contributed by atoms with E-state index in [1.54, 1.807) is 6.08 Å². The van der Waals surface area contributed by atoms with E-state index in [4.69, 9.17) is 12.2 Å². The minimum absolute atomic E-state index is 0.0657. The van der Waals surface area contributed by atoms with Crippen LogP contribution in [0.3, 0.4) is 0 Å². The number of aromatic hydroxyl groups is 1. The number of nitrogens with one attached hydrogen (secondary N) is 2. The van der Waals surface area contributed by atoms with Crippen molar-refractivity contribution < 1.29 is 19.5 Å². The number of carbonyl (C=O) groups is 3. The van der Waals surface area contributed by atoms with Gasteiger partial charge in [0.05, 0.1) is 4.91 Å². The lowest BCUT2D eigenvalue weighted by Crippen LogP contribution is -2.47. The lowest BCUT2D eigenvalue weighted by molar-refractivity contribution is -0.129. The monoisotopic (exact) mass is 419 g/mol. The van der Waals surface area contributed by atoms with Gasteiger partial charge in [-0.2, -0.15) is 0 Å². The molecule has 10 heteroatoms. The van der Waals surface area contributed by atoms with Crippen molar-refractivity contribution in [2.24, 2.45) is 0 Å². The van der Waals surface area contributed by atoms with E-state index in [2.05, 4.69) is 10.9 Å². The summed E-state index contributed by atoms with van der Waals surface area (Å²) in [6.07, 6.45) is 1.73. The number of thiocarbonyl (C=S) groups is 1. The first-order valence-corrected chi connectivity index (χ1v) is 9.71. The number of phenolic OH excluding ortho intramolecular Hbond substituents is 1. The predicted molar refractivity (Wildman–Crippen MR) is 108 cm³/mol. The van der Waals surface area contributed by atoms with Crippen LogP contribution >= 0.6 is 35.3 Å². The van der Waals surface area contributed by atoms with Gasteiger partial charge in [0.1, 0.15) is 16.6 Å². The molecule has 0 spiro atoms. The van der Waals surface area contributed by atoms with Crippen molar-refractivity contribution in [1.82, 2.24) is 15.8 Å². The molecular weight excluding hydrogens is 406 g/mol. The number of phenols is 1. The second-order valence-electron chi connectivity index (χ2n) is 5.34. The van der Waals surface area contributed by atoms with Crippen molar-refractivity contribution in [3.63, 3.8) is 0 Å². The number of hydrazine groups is 1. The van der Waals surface area contributed by atoms with Crippen LogP contribution in [0.1, 0.15) is 15.2 Å². The molecule has 1 aromatic carbocycles. The maximum atomic E-state index is 12.4. The SMILES string of the molecule is O=C(CN1C(=O)C(=Cc2cccs2)SC1=S)NNC(=O)c1cccc(O)c1. The Kier molecular flexibility index (Phi) is 5.89. The molecule has 0 radical (unpaired) electrons. The first kappa shape index (κ1) is 19.1. The van der Waals surface area contributed by atoms with E-state index in [-0.39, 0.29) is 28.1 Å². The topological polar surface area (TPSA) is 98.7 Å². The Bertz CT molecular complexity index is 941. The predicted octanol–water partition coefficient (Wildman–Crippen LogP) is 2.12. The molecule has 0 bridgehead atoms. The number of benzene rings is 1. The molecule has 1 aliphatic heterocycles. The number of thiophene rings is 1. The summed E-state index contributed by atoms with van der Waals surface area (Å²) in [5.74, 6) is -1.61. The highest BCUT2D eigenvalue weighted by molar-refractivity contribution is 8.26. The van der Waals surface area contributed by atoms with Crippen LogP contribution < -0.4 is 10.9 Å². The molecule has 1 saturated heterocycles. The first-order valence-electron chi connectivity index (χ1n) is 7.61. The van der Waals surface area contributed by atoms with Gasteiger partial charge in [-0.3, -0.25) is 30.1 Å². The van der Waals surface area contributed by atoms with Gasteiger partial charge in [0.15, 0.2) is 0 Å². The van der Waals surface area contributed by atoms with E-state index >= 15 is 0 Å². The van der Waals surface area contributed by atoms with Gasteiger partial charge in [-0.05, 0) is 35.7 Å². The number of nitrogens with zero attached hydrogens (tertiary/aromatic N) is 1. The number of carbonyl (C=O) groups excluding carboxylic acids is 3. The summed E-state index contributed by atoms with van der Waals surface area (Å²) < 4.78 is 0.275. The number of hydrogen-bond acceptors (Lipinski definition) is 7. The zero-order chi connectivity index (χ0) is 19.4. The molecule has 1 aliphatic rings. The van der Waals surface area contributed by atoms with Crippen LogP contribution in [0.15, 0.2) is 46.7 Å². The molecule has 1 fully saturated rings. The van der Waals surface area contributed by atoms with E-state index in [1.165, 1.54) is 40.5 Å². The Morgan fingerprint density at radius 3 is 2.74 bits per heavy atom. The molecule has 3 rings (SSSR count). The van der Waals surface area contributed by atoms with Gasteiger partial charge < -0.3 is 5.11 Å². The standard InChI is InChI=1S/C17H13N3O4S3/c21-11-4-1-3-10(7-11)15(23)19-18-14(22)9-20-16(24)13(27-17(20)25)8-12-5-2-6-26-12/h1-8,21H,9H2,(H,18,22)(H,19,23). The maximum absolute atomic E-state index is 12.4. The van der Waals surface area contributed by atoms with Gasteiger partial charge >= 0.3 is 0 Å². The molecule has 7 nitrogen and oxygen atoms in total. The summed E-state index contributed by atoms with van der Waals surface area (Å²) in [6.45, 7) is -0.313. The number of hydrogen-bond donors (Lipinski definition) is 3. The largest absolute Gasteiger partial charge is 0.508 e. The Morgan fingerprint density at radius 1 is 1.22 bits per heavy atom. The van der Waals surface area contributed by atoms with Crippen molar-refractivity contribution in [2.45, 2.75) is 0 Å². The van der Waals surface area contributed by atoms with Gasteiger partial charge in [0.25, 0.3) is 17.7 Å². The summed E-state index contributed by atoms with van der Waals surface area (Å²) in [7, 11) is 0. The molecule has 2 aromatic rings. The van der Waals surface area contributed by atoms with Gasteiger partial charge in [0, 0.05) is 10.4 Å². The van der Waals surface area contributed by atoms with Crippen LogP contribution in [0, 0.1) is 0 Å². The van der Waals surface area contributed by atoms with Crippen LogP contribution in [-0.4, -0.2) is 38.6 Å². The Morgan fingerprint density at radius 2 is 2.04 bits per heavy atom. The van der Waals surface area contributed by atoms with Crippen molar-refractivity contribution in [3.05, 3.63) is 57.1 Å². The van der Waals surface area contributed by atoms with Gasteiger partial charge in [0.2, 0.25) is 0 Å². The van der Waals surface area contributed by atoms with Crippen LogP contribution in [0.25, 0.3) is 6.08 Å². The second-order valence-corrected chi connectivity index (χ2v) is 7.99. The molecule has 138 valence electrons. The minimum Gasteiger partial charge on any atom is -0.508 e. The molecule has 0 aliphatic carbocycles. The fourth-order valence-electron chi connectivity index (χ4n) is 2.17. The second kappa shape index (κ2) is 8.33. The fourth-order valence-corrected chi connectivity index (χ4v) is 4.15. The van der Waals surface area contributed by atoms with Gasteiger partial charge in [-0.15, -0.1) is 11.3 Å². The number of rotatable bonds is 4. The quantitative estimate of drug-likeness (QED) is 0.399. The van der Waals surface area contributed by atoms with E-state index < -0.39 is 11.8 Å². The zero-order valence-corrected chi connectivity index (χ0v) is 16.1. The molecule has 2 heterocycles. The van der Waals surface area contributed by atoms with E-state index in [0.717, 1.165) is 16.6 Å². The third-order valence-corrected chi connectivity index (χ3v) is 5.61. The van der Waals surface area contributed by atoms with Crippen LogP contribution in [0.4, 0.5) is 0 Å². The van der Waals surface area contributed by atoms with Crippen LogP contribution in [-0.2, 0) is 9.59 Å². The molecule has 27 heavy (non-hydrogen) atoms. The van der Waals surface area contributed by atoms with E-state index in [1.807, 2.05) is 17.5 Å². The lowest BCUT2D eigenvalue weighted by atomic mass is 10.2. The third kappa shape index (κ3) is 4.73. The van der Waals surface area contributed by atoms with Crippen LogP contribution in [0.2, 0.25) is 0 Å². The Labute approximate surface area is 168 Å². The third-order valence-electron chi connectivity index (χ3n) is 3.42. The smallest absolute Gasteiger partial charge is 0.269 e. The maximum Gasteiger partial charge on any atom is 0.269 e. The fraction of sp³-hybridized carbons (Fsp3) is 0.0588. The molecule has 0 unspecified atom stereocenters. The lowest BCUT2D eigenvalue weighted by Gasteiger charge is -2.14. The summed E-state index contributed by atoms with van der Waals surface area (Å²) >= 11 is 7.79. The van der Waals surface area contributed by atoms with E-state index in [9.17, 15) is 19.5 Å².